The molecule has 0 saturated carbocycles. The molecule has 1 atom stereocenters. The van der Waals surface area contributed by atoms with Gasteiger partial charge in [0.2, 0.25) is 0 Å². The lowest BCUT2D eigenvalue weighted by Gasteiger charge is -2.19. The van der Waals surface area contributed by atoms with Crippen molar-refractivity contribution < 1.29 is 19.0 Å². The van der Waals surface area contributed by atoms with Crippen molar-refractivity contribution in [3.05, 3.63) is 27.3 Å². The topological polar surface area (TPSA) is 72.5 Å². The van der Waals surface area contributed by atoms with Crippen LogP contribution in [0.15, 0.2) is 18.2 Å². The zero-order valence-electron chi connectivity index (χ0n) is 9.95. The SMILES string of the molecule is C[C@](N)(Cc1ccc(I)c(OCC[18F])c1)C(=O)O. The van der Waals surface area contributed by atoms with Crippen molar-refractivity contribution in [3.8, 4) is 5.75 Å². The van der Waals surface area contributed by atoms with E-state index in [1.807, 2.05) is 0 Å². The average Bonchev–Trinajstić information content (AvgIpc) is 2.29. The molecular weight excluding hydrogens is 351 g/mol. The highest BCUT2D eigenvalue weighted by molar-refractivity contribution is 14.1. The Kier molecular flexibility index (Phi) is 5.33. The third kappa shape index (κ3) is 4.09. The van der Waals surface area contributed by atoms with Crippen molar-refractivity contribution >= 4 is 28.6 Å². The highest BCUT2D eigenvalue weighted by Gasteiger charge is 2.28. The van der Waals surface area contributed by atoms with Gasteiger partial charge in [-0.1, -0.05) is 6.07 Å². The minimum Gasteiger partial charge on any atom is -0.490 e. The van der Waals surface area contributed by atoms with Crippen molar-refractivity contribution in [1.82, 2.24) is 0 Å². The number of carboxylic acid groups (broad SMARTS) is 1. The van der Waals surface area contributed by atoms with Gasteiger partial charge in [0.1, 0.15) is 24.6 Å². The van der Waals surface area contributed by atoms with Gasteiger partial charge in [-0.3, -0.25) is 4.79 Å². The third-order valence-corrected chi connectivity index (χ3v) is 3.28. The Morgan fingerprint density at radius 1 is 1.61 bits per heavy atom. The Bertz CT molecular complexity index is 437. The van der Waals surface area contributed by atoms with E-state index in [2.05, 4.69) is 22.6 Å². The van der Waals surface area contributed by atoms with Crippen LogP contribution in [0.25, 0.3) is 0 Å². The fourth-order valence-corrected chi connectivity index (χ4v) is 1.91. The molecule has 0 amide bonds. The molecule has 0 unspecified atom stereocenters. The number of carbonyl (C=O) groups is 1. The van der Waals surface area contributed by atoms with Crippen molar-refractivity contribution in [2.45, 2.75) is 18.9 Å². The molecule has 4 nitrogen and oxygen atoms in total. The summed E-state index contributed by atoms with van der Waals surface area (Å²) in [6.07, 6.45) is 0.186. The number of hydrogen-bond donors (Lipinski definition) is 2. The summed E-state index contributed by atoms with van der Waals surface area (Å²) in [7, 11) is 0. The minimum atomic E-state index is -1.33. The zero-order chi connectivity index (χ0) is 13.8. The van der Waals surface area contributed by atoms with Crippen LogP contribution in [0.5, 0.6) is 5.75 Å². The van der Waals surface area contributed by atoms with Crippen molar-refractivity contribution in [1.29, 1.82) is 0 Å². The molecule has 3 N–H and O–H groups in total. The largest absolute Gasteiger partial charge is 0.490 e. The standard InChI is InChI=1S/C12H15FINO3/c1-12(15,11(16)17)7-8-2-3-9(14)10(6-8)18-5-4-13/h2-3,6H,4-5,7,15H2,1H3,(H,16,17)/t12-/m0/s1/i13-1. The van der Waals surface area contributed by atoms with Gasteiger partial charge in [-0.05, 0) is 47.2 Å². The van der Waals surface area contributed by atoms with Crippen molar-refractivity contribution in [2.24, 2.45) is 5.73 Å². The molecule has 0 heterocycles. The predicted octanol–water partition coefficient (Wildman–Crippen LogP) is 1.98. The van der Waals surface area contributed by atoms with E-state index in [4.69, 9.17) is 15.6 Å². The molecule has 0 aliphatic carbocycles. The van der Waals surface area contributed by atoms with Crippen LogP contribution < -0.4 is 10.5 Å². The van der Waals surface area contributed by atoms with Crippen LogP contribution in [0.1, 0.15) is 12.5 Å². The van der Waals surface area contributed by atoms with E-state index < -0.39 is 18.2 Å². The van der Waals surface area contributed by atoms with Crippen LogP contribution >= 0.6 is 22.6 Å². The molecule has 100 valence electrons. The summed E-state index contributed by atoms with van der Waals surface area (Å²) in [6, 6.07) is 5.28. The molecule has 0 radical (unpaired) electrons. The van der Waals surface area contributed by atoms with Crippen LogP contribution in [0.2, 0.25) is 0 Å². The smallest absolute Gasteiger partial charge is 0.323 e. The Balaban J connectivity index is 2.88. The monoisotopic (exact) mass is 366 g/mol. The Morgan fingerprint density at radius 3 is 2.83 bits per heavy atom. The van der Waals surface area contributed by atoms with E-state index in [-0.39, 0.29) is 13.0 Å². The van der Waals surface area contributed by atoms with Gasteiger partial charge >= 0.3 is 5.97 Å². The van der Waals surface area contributed by atoms with E-state index in [9.17, 15) is 9.18 Å². The Hall–Kier alpha value is -0.890. The first kappa shape index (κ1) is 15.2. The van der Waals surface area contributed by atoms with Crippen molar-refractivity contribution in [2.75, 3.05) is 13.3 Å². The number of ether oxygens (including phenoxy) is 1. The van der Waals surface area contributed by atoms with Gasteiger partial charge in [-0.25, -0.2) is 4.39 Å². The number of benzene rings is 1. The molecule has 18 heavy (non-hydrogen) atoms. The summed E-state index contributed by atoms with van der Waals surface area (Å²) in [6.45, 7) is 0.873. The normalized spacial score (nSPS) is 14.0. The maximum Gasteiger partial charge on any atom is 0.323 e. The molecule has 0 spiro atoms. The third-order valence-electron chi connectivity index (χ3n) is 2.39. The van der Waals surface area contributed by atoms with Crippen molar-refractivity contribution in [3.63, 3.8) is 0 Å². The minimum absolute atomic E-state index is 0.0156. The van der Waals surface area contributed by atoms with Gasteiger partial charge in [0.05, 0.1) is 3.57 Å². The second kappa shape index (κ2) is 6.33. The molecule has 0 aliphatic heterocycles. The molecule has 0 bridgehead atoms. The molecular formula is C12H15FINO3. The van der Waals surface area contributed by atoms with E-state index in [0.29, 0.717) is 5.75 Å². The lowest BCUT2D eigenvalue weighted by molar-refractivity contribution is -0.142. The van der Waals surface area contributed by atoms with Crippen LogP contribution in [0.3, 0.4) is 0 Å². The predicted molar refractivity (Wildman–Crippen MR) is 74.6 cm³/mol. The maximum absolute atomic E-state index is 12.1. The summed E-state index contributed by atoms with van der Waals surface area (Å²) in [5.41, 5.74) is 5.10. The highest BCUT2D eigenvalue weighted by Crippen LogP contribution is 2.24. The Labute approximate surface area is 118 Å². The molecule has 0 fully saturated rings. The summed E-state index contributed by atoms with van der Waals surface area (Å²) >= 11 is 2.07. The van der Waals surface area contributed by atoms with Gasteiger partial charge in [0.25, 0.3) is 0 Å². The van der Waals surface area contributed by atoms with Gasteiger partial charge in [-0.15, -0.1) is 0 Å². The van der Waals surface area contributed by atoms with E-state index in [0.717, 1.165) is 9.13 Å². The summed E-state index contributed by atoms with van der Waals surface area (Å²) in [5, 5.41) is 8.96. The lowest BCUT2D eigenvalue weighted by Crippen LogP contribution is -2.46. The van der Waals surface area contributed by atoms with Crippen LogP contribution in [0, 0.1) is 3.57 Å². The van der Waals surface area contributed by atoms with Crippen LogP contribution in [-0.2, 0) is 11.2 Å². The molecule has 1 aromatic carbocycles. The fourth-order valence-electron chi connectivity index (χ4n) is 1.42. The summed E-state index contributed by atoms with van der Waals surface area (Å²) < 4.78 is 18.1. The first-order valence-corrected chi connectivity index (χ1v) is 6.44. The van der Waals surface area contributed by atoms with Crippen LogP contribution in [-0.4, -0.2) is 29.9 Å². The number of rotatable bonds is 6. The van der Waals surface area contributed by atoms with Gasteiger partial charge in [0.15, 0.2) is 0 Å². The van der Waals surface area contributed by atoms with Crippen LogP contribution in [0.4, 0.5) is 4.39 Å². The summed E-state index contributed by atoms with van der Waals surface area (Å²) in [4.78, 5) is 10.9. The number of nitrogens with two attached hydrogens (primary N) is 1. The number of halogens is 2. The maximum atomic E-state index is 12.1. The summed E-state index contributed by atoms with van der Waals surface area (Å²) in [5.74, 6) is -0.515. The number of hydrogen-bond acceptors (Lipinski definition) is 3. The van der Waals surface area contributed by atoms with Gasteiger partial charge in [-0.2, -0.15) is 0 Å². The lowest BCUT2D eigenvalue weighted by atomic mass is 9.94. The second-order valence-electron chi connectivity index (χ2n) is 4.20. The van der Waals surface area contributed by atoms with E-state index >= 15 is 0 Å². The quantitative estimate of drug-likeness (QED) is 0.756. The number of alkyl halides is 1. The zero-order valence-corrected chi connectivity index (χ0v) is 12.1. The number of aliphatic carboxylic acids is 1. The second-order valence-corrected chi connectivity index (χ2v) is 5.36. The van der Waals surface area contributed by atoms with Gasteiger partial charge in [0, 0.05) is 6.42 Å². The van der Waals surface area contributed by atoms with Gasteiger partial charge < -0.3 is 15.6 Å². The fraction of sp³-hybridized carbons (Fsp3) is 0.417. The molecule has 1 rings (SSSR count). The molecule has 0 saturated heterocycles. The molecule has 0 aliphatic rings. The first-order valence-electron chi connectivity index (χ1n) is 5.36. The van der Waals surface area contributed by atoms with E-state index in [1.165, 1.54) is 6.92 Å². The molecule has 6 heteroatoms. The molecule has 1 aromatic rings. The first-order chi connectivity index (χ1) is 8.36. The number of carboxylic acids is 1. The van der Waals surface area contributed by atoms with E-state index in [1.54, 1.807) is 18.2 Å². The highest BCUT2D eigenvalue weighted by atomic mass is 127. The average molecular weight is 366 g/mol. The molecule has 0 aromatic heterocycles. The Morgan fingerprint density at radius 2 is 2.28 bits per heavy atom.